The first-order valence-corrected chi connectivity index (χ1v) is 7.74. The first-order chi connectivity index (χ1) is 12.1. The molecule has 1 aliphatic rings. The number of aldehydes is 1. The minimum atomic E-state index is -1.03. The molecule has 8 heteroatoms. The van der Waals surface area contributed by atoms with Gasteiger partial charge in [0.1, 0.15) is 5.82 Å². The lowest BCUT2D eigenvalue weighted by Crippen LogP contribution is -2.27. The fourth-order valence-corrected chi connectivity index (χ4v) is 2.61. The molecule has 0 bridgehead atoms. The van der Waals surface area contributed by atoms with Gasteiger partial charge < -0.3 is 15.0 Å². The van der Waals surface area contributed by atoms with Crippen molar-refractivity contribution >= 4 is 18.0 Å². The maximum Gasteiger partial charge on any atom is 0.343 e. The average Bonchev–Trinajstić information content (AvgIpc) is 3.18. The van der Waals surface area contributed by atoms with E-state index >= 15 is 0 Å². The van der Waals surface area contributed by atoms with E-state index < -0.39 is 28.8 Å². The highest BCUT2D eigenvalue weighted by atomic mass is 16.5. The van der Waals surface area contributed by atoms with Gasteiger partial charge in [-0.25, -0.2) is 9.78 Å². The molecule has 1 saturated heterocycles. The molecule has 25 heavy (non-hydrogen) atoms. The van der Waals surface area contributed by atoms with Crippen LogP contribution in [-0.2, 0) is 4.79 Å². The molecule has 128 valence electrons. The normalized spacial score (nSPS) is 16.4. The van der Waals surface area contributed by atoms with Crippen LogP contribution in [0.5, 0.6) is 5.75 Å². The molecule has 1 fully saturated rings. The fourth-order valence-electron chi connectivity index (χ4n) is 2.61. The Bertz CT molecular complexity index is 870. The summed E-state index contributed by atoms with van der Waals surface area (Å²) in [5.74, 6) is -2.18. The Morgan fingerprint density at radius 1 is 1.24 bits per heavy atom. The first kappa shape index (κ1) is 16.7. The van der Waals surface area contributed by atoms with Crippen LogP contribution in [-0.4, -0.2) is 34.6 Å². The van der Waals surface area contributed by atoms with Gasteiger partial charge in [-0.1, -0.05) is 18.2 Å². The van der Waals surface area contributed by atoms with Crippen molar-refractivity contribution in [2.75, 3.05) is 6.54 Å². The molecule has 2 N–H and O–H groups in total. The second-order valence-corrected chi connectivity index (χ2v) is 5.52. The number of aromatic amines is 1. The van der Waals surface area contributed by atoms with Crippen molar-refractivity contribution in [1.29, 1.82) is 0 Å². The van der Waals surface area contributed by atoms with Gasteiger partial charge in [0, 0.05) is 0 Å². The monoisotopic (exact) mass is 341 g/mol. The van der Waals surface area contributed by atoms with Crippen LogP contribution in [0, 0.1) is 0 Å². The third-order valence-corrected chi connectivity index (χ3v) is 3.83. The zero-order chi connectivity index (χ0) is 17.8. The lowest BCUT2D eigenvalue weighted by Gasteiger charge is -2.12. The third kappa shape index (κ3) is 3.53. The quantitative estimate of drug-likeness (QED) is 0.357. The van der Waals surface area contributed by atoms with Crippen molar-refractivity contribution in [3.63, 3.8) is 0 Å². The van der Waals surface area contributed by atoms with Crippen molar-refractivity contribution in [1.82, 2.24) is 15.3 Å². The number of hydrogen-bond donors (Lipinski definition) is 2. The molecule has 1 aromatic carbocycles. The van der Waals surface area contributed by atoms with E-state index in [-0.39, 0.29) is 23.7 Å². The SMILES string of the molecule is O=CC(=O)c1nc(C2CCCN2)[nH]c(=O)c1OC(=O)c1ccccc1. The van der Waals surface area contributed by atoms with Gasteiger partial charge in [0.05, 0.1) is 11.6 Å². The third-order valence-electron chi connectivity index (χ3n) is 3.83. The smallest absolute Gasteiger partial charge is 0.343 e. The van der Waals surface area contributed by atoms with Gasteiger partial charge in [0.15, 0.2) is 12.0 Å². The lowest BCUT2D eigenvalue weighted by molar-refractivity contribution is -0.104. The van der Waals surface area contributed by atoms with Crippen molar-refractivity contribution < 1.29 is 19.1 Å². The number of H-pyrrole nitrogens is 1. The summed E-state index contributed by atoms with van der Waals surface area (Å²) in [6.07, 6.45) is 1.67. The molecule has 3 rings (SSSR count). The second-order valence-electron chi connectivity index (χ2n) is 5.52. The number of rotatable bonds is 5. The van der Waals surface area contributed by atoms with Gasteiger partial charge in [-0.05, 0) is 31.5 Å². The summed E-state index contributed by atoms with van der Waals surface area (Å²) in [6.45, 7) is 0.760. The highest BCUT2D eigenvalue weighted by Gasteiger charge is 2.26. The number of carbonyl (C=O) groups is 3. The second kappa shape index (κ2) is 7.18. The van der Waals surface area contributed by atoms with E-state index in [2.05, 4.69) is 15.3 Å². The van der Waals surface area contributed by atoms with Crippen LogP contribution in [0.2, 0.25) is 0 Å². The molecule has 1 atom stereocenters. The summed E-state index contributed by atoms with van der Waals surface area (Å²) < 4.78 is 5.06. The summed E-state index contributed by atoms with van der Waals surface area (Å²) in [5.41, 5.74) is -1.05. The van der Waals surface area contributed by atoms with Gasteiger partial charge in [-0.3, -0.25) is 14.4 Å². The number of carbonyl (C=O) groups excluding carboxylic acids is 3. The number of nitrogens with one attached hydrogen (secondary N) is 2. The number of Topliss-reactive ketones (excluding diaryl/α,β-unsaturated/α-hetero) is 1. The molecule has 1 unspecified atom stereocenters. The van der Waals surface area contributed by atoms with E-state index in [0.29, 0.717) is 0 Å². The molecular formula is C17H15N3O5. The Labute approximate surface area is 142 Å². The van der Waals surface area contributed by atoms with E-state index in [1.165, 1.54) is 12.1 Å². The number of esters is 1. The van der Waals surface area contributed by atoms with Gasteiger partial charge >= 0.3 is 5.97 Å². The van der Waals surface area contributed by atoms with Crippen LogP contribution < -0.4 is 15.6 Å². The Morgan fingerprint density at radius 3 is 2.64 bits per heavy atom. The van der Waals surface area contributed by atoms with Crippen LogP contribution in [0.1, 0.15) is 45.6 Å². The van der Waals surface area contributed by atoms with E-state index in [0.717, 1.165) is 19.4 Å². The molecule has 1 aliphatic heterocycles. The molecule has 0 amide bonds. The van der Waals surface area contributed by atoms with Gasteiger partial charge in [-0.15, -0.1) is 0 Å². The highest BCUT2D eigenvalue weighted by molar-refractivity contribution is 6.33. The molecule has 0 aliphatic carbocycles. The summed E-state index contributed by atoms with van der Waals surface area (Å²) >= 11 is 0. The van der Waals surface area contributed by atoms with E-state index in [4.69, 9.17) is 4.74 Å². The average molecular weight is 341 g/mol. The maximum atomic E-state index is 12.3. The van der Waals surface area contributed by atoms with E-state index in [9.17, 15) is 19.2 Å². The van der Waals surface area contributed by atoms with Crippen molar-refractivity contribution in [3.05, 3.63) is 57.8 Å². The Balaban J connectivity index is 2.00. The van der Waals surface area contributed by atoms with Gasteiger partial charge in [-0.2, -0.15) is 0 Å². The standard InChI is InChI=1S/C17H15N3O5/c21-9-12(22)13-14(25-17(24)10-5-2-1-3-6-10)16(23)20-15(19-13)11-7-4-8-18-11/h1-3,5-6,9,11,18H,4,7-8H2,(H,19,20,23). The molecule has 1 aromatic heterocycles. The zero-order valence-electron chi connectivity index (χ0n) is 13.2. The number of nitrogens with zero attached hydrogens (tertiary/aromatic N) is 1. The fraction of sp³-hybridized carbons (Fsp3) is 0.235. The largest absolute Gasteiger partial charge is 0.414 e. The topological polar surface area (TPSA) is 118 Å². The van der Waals surface area contributed by atoms with Crippen LogP contribution in [0.25, 0.3) is 0 Å². The molecule has 0 saturated carbocycles. The maximum absolute atomic E-state index is 12.3. The van der Waals surface area contributed by atoms with E-state index in [1.54, 1.807) is 18.2 Å². The van der Waals surface area contributed by atoms with Crippen molar-refractivity contribution in [3.8, 4) is 5.75 Å². The summed E-state index contributed by atoms with van der Waals surface area (Å²) in [5, 5.41) is 3.13. The van der Waals surface area contributed by atoms with Gasteiger partial charge in [0.25, 0.3) is 5.56 Å². The molecular weight excluding hydrogens is 326 g/mol. The Morgan fingerprint density at radius 2 is 2.00 bits per heavy atom. The molecule has 2 aromatic rings. The molecule has 0 spiro atoms. The molecule has 0 radical (unpaired) electrons. The van der Waals surface area contributed by atoms with Crippen LogP contribution in [0.3, 0.4) is 0 Å². The predicted molar refractivity (Wildman–Crippen MR) is 86.6 cm³/mol. The van der Waals surface area contributed by atoms with Crippen molar-refractivity contribution in [2.24, 2.45) is 0 Å². The lowest BCUT2D eigenvalue weighted by atomic mass is 10.2. The zero-order valence-corrected chi connectivity index (χ0v) is 13.2. The Kier molecular flexibility index (Phi) is 4.80. The summed E-state index contributed by atoms with van der Waals surface area (Å²) in [7, 11) is 0. The van der Waals surface area contributed by atoms with Crippen molar-refractivity contribution in [2.45, 2.75) is 18.9 Å². The number of benzene rings is 1. The predicted octanol–water partition coefficient (Wildman–Crippen LogP) is 0.795. The molecule has 2 heterocycles. The van der Waals surface area contributed by atoms with Gasteiger partial charge in [0.2, 0.25) is 11.5 Å². The van der Waals surface area contributed by atoms with E-state index in [1.807, 2.05) is 0 Å². The number of aromatic nitrogens is 2. The van der Waals surface area contributed by atoms with Crippen LogP contribution in [0.15, 0.2) is 35.1 Å². The highest BCUT2D eigenvalue weighted by Crippen LogP contribution is 2.21. The molecule has 8 nitrogen and oxygen atoms in total. The number of ether oxygens (including phenoxy) is 1. The van der Waals surface area contributed by atoms with Crippen LogP contribution in [0.4, 0.5) is 0 Å². The number of ketones is 1. The minimum absolute atomic E-state index is 0.0352. The summed E-state index contributed by atoms with van der Waals surface area (Å²) in [4.78, 5) is 53.8. The Hall–Kier alpha value is -3.13. The minimum Gasteiger partial charge on any atom is -0.414 e. The number of hydrogen-bond acceptors (Lipinski definition) is 7. The first-order valence-electron chi connectivity index (χ1n) is 7.74. The van der Waals surface area contributed by atoms with Crippen LogP contribution >= 0.6 is 0 Å². The summed E-state index contributed by atoms with van der Waals surface area (Å²) in [6, 6.07) is 7.77.